The number of hydrogen-bond donors (Lipinski definition) is 0. The SMILES string of the molecule is c1ccc(OCOC2CCN(c3cccnc3)C2)cc1. The topological polar surface area (TPSA) is 34.6 Å². The molecule has 1 aromatic heterocycles. The Kier molecular flexibility index (Phi) is 4.13. The van der Waals surface area contributed by atoms with Gasteiger partial charge in [-0.25, -0.2) is 0 Å². The third-order valence-corrected chi connectivity index (χ3v) is 3.43. The van der Waals surface area contributed by atoms with Crippen molar-refractivity contribution in [1.29, 1.82) is 0 Å². The molecule has 0 amide bonds. The lowest BCUT2D eigenvalue weighted by Crippen LogP contribution is -2.24. The van der Waals surface area contributed by atoms with Gasteiger partial charge in [0.2, 0.25) is 0 Å². The maximum atomic E-state index is 5.77. The van der Waals surface area contributed by atoms with Crippen LogP contribution in [0.5, 0.6) is 5.75 Å². The second-order valence-corrected chi connectivity index (χ2v) is 4.81. The van der Waals surface area contributed by atoms with Crippen molar-refractivity contribution in [2.75, 3.05) is 24.8 Å². The summed E-state index contributed by atoms with van der Waals surface area (Å²) in [6, 6.07) is 13.8. The van der Waals surface area contributed by atoms with Gasteiger partial charge in [0.05, 0.1) is 18.0 Å². The number of aromatic nitrogens is 1. The summed E-state index contributed by atoms with van der Waals surface area (Å²) in [5.41, 5.74) is 1.16. The predicted octanol–water partition coefficient (Wildman–Crippen LogP) is 2.71. The van der Waals surface area contributed by atoms with Crippen molar-refractivity contribution in [2.45, 2.75) is 12.5 Å². The number of hydrogen-bond acceptors (Lipinski definition) is 4. The standard InChI is InChI=1S/C16H18N2O2/c1-2-6-15(7-3-1)19-13-20-16-8-10-18(12-16)14-5-4-9-17-11-14/h1-7,9,11,16H,8,10,12-13H2. The van der Waals surface area contributed by atoms with E-state index >= 15 is 0 Å². The minimum atomic E-state index is 0.221. The zero-order valence-electron chi connectivity index (χ0n) is 11.3. The molecule has 1 fully saturated rings. The van der Waals surface area contributed by atoms with E-state index in [2.05, 4.69) is 16.0 Å². The molecule has 1 aliphatic rings. The highest BCUT2D eigenvalue weighted by Crippen LogP contribution is 2.20. The van der Waals surface area contributed by atoms with Gasteiger partial charge in [0.1, 0.15) is 5.75 Å². The molecule has 1 aliphatic heterocycles. The van der Waals surface area contributed by atoms with Gasteiger partial charge in [-0.1, -0.05) is 18.2 Å². The lowest BCUT2D eigenvalue weighted by molar-refractivity contribution is -0.0263. The molecule has 1 unspecified atom stereocenters. The molecule has 0 bridgehead atoms. The fourth-order valence-corrected chi connectivity index (χ4v) is 2.35. The molecular formula is C16H18N2O2. The molecule has 0 saturated carbocycles. The number of nitrogens with zero attached hydrogens (tertiary/aromatic N) is 2. The maximum Gasteiger partial charge on any atom is 0.189 e. The lowest BCUT2D eigenvalue weighted by Gasteiger charge is -2.18. The fourth-order valence-electron chi connectivity index (χ4n) is 2.35. The van der Waals surface area contributed by atoms with E-state index in [1.54, 1.807) is 6.20 Å². The molecule has 0 aliphatic carbocycles. The molecule has 0 spiro atoms. The van der Waals surface area contributed by atoms with Crippen LogP contribution in [-0.4, -0.2) is 31.0 Å². The summed E-state index contributed by atoms with van der Waals surface area (Å²) in [5, 5.41) is 0. The molecule has 0 radical (unpaired) electrons. The van der Waals surface area contributed by atoms with E-state index in [-0.39, 0.29) is 6.10 Å². The zero-order valence-corrected chi connectivity index (χ0v) is 11.3. The van der Waals surface area contributed by atoms with Crippen molar-refractivity contribution in [3.05, 3.63) is 54.9 Å². The molecule has 4 nitrogen and oxygen atoms in total. The highest BCUT2D eigenvalue weighted by molar-refractivity contribution is 5.44. The Hall–Kier alpha value is -2.07. The van der Waals surface area contributed by atoms with Crippen LogP contribution < -0.4 is 9.64 Å². The minimum Gasteiger partial charge on any atom is -0.468 e. The van der Waals surface area contributed by atoms with Crippen molar-refractivity contribution in [3.63, 3.8) is 0 Å². The zero-order chi connectivity index (χ0) is 13.6. The Bertz CT molecular complexity index is 519. The van der Waals surface area contributed by atoms with E-state index in [0.717, 1.165) is 30.9 Å². The number of anilines is 1. The van der Waals surface area contributed by atoms with Gasteiger partial charge in [-0.2, -0.15) is 0 Å². The van der Waals surface area contributed by atoms with Crippen molar-refractivity contribution < 1.29 is 9.47 Å². The van der Waals surface area contributed by atoms with Gasteiger partial charge in [-0.15, -0.1) is 0 Å². The fraction of sp³-hybridized carbons (Fsp3) is 0.312. The monoisotopic (exact) mass is 270 g/mol. The molecule has 3 rings (SSSR count). The first-order valence-electron chi connectivity index (χ1n) is 6.86. The first kappa shape index (κ1) is 12.9. The van der Waals surface area contributed by atoms with E-state index in [4.69, 9.17) is 9.47 Å². The third kappa shape index (κ3) is 3.27. The van der Waals surface area contributed by atoms with Gasteiger partial charge in [0, 0.05) is 19.3 Å². The largest absolute Gasteiger partial charge is 0.468 e. The summed E-state index contributed by atoms with van der Waals surface area (Å²) in [4.78, 5) is 6.44. The Labute approximate surface area is 119 Å². The third-order valence-electron chi connectivity index (χ3n) is 3.43. The van der Waals surface area contributed by atoms with E-state index in [1.165, 1.54) is 0 Å². The summed E-state index contributed by atoms with van der Waals surface area (Å²) in [6.45, 7) is 2.20. The Morgan fingerprint density at radius 1 is 1.15 bits per heavy atom. The number of pyridine rings is 1. The predicted molar refractivity (Wildman–Crippen MR) is 77.9 cm³/mol. The van der Waals surface area contributed by atoms with Crippen LogP contribution in [0.25, 0.3) is 0 Å². The molecule has 4 heteroatoms. The molecule has 1 aromatic carbocycles. The van der Waals surface area contributed by atoms with Crippen molar-refractivity contribution >= 4 is 5.69 Å². The van der Waals surface area contributed by atoms with Crippen LogP contribution in [0.3, 0.4) is 0 Å². The van der Waals surface area contributed by atoms with Gasteiger partial charge >= 0.3 is 0 Å². The second-order valence-electron chi connectivity index (χ2n) is 4.81. The minimum absolute atomic E-state index is 0.221. The van der Waals surface area contributed by atoms with Crippen LogP contribution in [0.2, 0.25) is 0 Å². The van der Waals surface area contributed by atoms with Crippen molar-refractivity contribution in [1.82, 2.24) is 4.98 Å². The van der Waals surface area contributed by atoms with Gasteiger partial charge in [0.25, 0.3) is 0 Å². The molecule has 0 N–H and O–H groups in total. The second kappa shape index (κ2) is 6.39. The summed E-state index contributed by atoms with van der Waals surface area (Å²) < 4.78 is 11.3. The van der Waals surface area contributed by atoms with Gasteiger partial charge in [-0.05, 0) is 30.7 Å². The molecule has 20 heavy (non-hydrogen) atoms. The number of benzene rings is 1. The molecule has 104 valence electrons. The van der Waals surface area contributed by atoms with Gasteiger partial charge in [0.15, 0.2) is 6.79 Å². The van der Waals surface area contributed by atoms with E-state index in [1.807, 2.05) is 42.6 Å². The van der Waals surface area contributed by atoms with Crippen molar-refractivity contribution in [3.8, 4) is 5.75 Å². The van der Waals surface area contributed by atoms with Gasteiger partial charge < -0.3 is 14.4 Å². The van der Waals surface area contributed by atoms with Crippen LogP contribution in [0.15, 0.2) is 54.9 Å². The van der Waals surface area contributed by atoms with Crippen LogP contribution in [0.4, 0.5) is 5.69 Å². The van der Waals surface area contributed by atoms with E-state index in [9.17, 15) is 0 Å². The first-order chi connectivity index (χ1) is 9.92. The summed E-state index contributed by atoms with van der Waals surface area (Å²) in [7, 11) is 0. The average molecular weight is 270 g/mol. The quantitative estimate of drug-likeness (QED) is 0.782. The van der Waals surface area contributed by atoms with Gasteiger partial charge in [-0.3, -0.25) is 4.98 Å². The van der Waals surface area contributed by atoms with Crippen LogP contribution >= 0.6 is 0 Å². The van der Waals surface area contributed by atoms with Crippen LogP contribution in [0.1, 0.15) is 6.42 Å². The molecule has 1 saturated heterocycles. The molecule has 2 heterocycles. The van der Waals surface area contributed by atoms with Crippen LogP contribution in [-0.2, 0) is 4.74 Å². The number of rotatable bonds is 5. The lowest BCUT2D eigenvalue weighted by atomic mass is 10.3. The Morgan fingerprint density at radius 2 is 2.05 bits per heavy atom. The molecular weight excluding hydrogens is 252 g/mol. The summed E-state index contributed by atoms with van der Waals surface area (Å²) in [5.74, 6) is 0.842. The van der Waals surface area contributed by atoms with Crippen LogP contribution in [0, 0.1) is 0 Å². The number of para-hydroxylation sites is 1. The Morgan fingerprint density at radius 3 is 2.85 bits per heavy atom. The van der Waals surface area contributed by atoms with E-state index < -0.39 is 0 Å². The number of ether oxygens (including phenoxy) is 2. The summed E-state index contributed by atoms with van der Waals surface area (Å²) in [6.07, 6.45) is 4.93. The average Bonchev–Trinajstić information content (AvgIpc) is 2.98. The summed E-state index contributed by atoms with van der Waals surface area (Å²) >= 11 is 0. The smallest absolute Gasteiger partial charge is 0.189 e. The first-order valence-corrected chi connectivity index (χ1v) is 6.86. The normalized spacial score (nSPS) is 18.2. The maximum absolute atomic E-state index is 5.77. The van der Waals surface area contributed by atoms with E-state index in [0.29, 0.717) is 6.79 Å². The molecule has 2 aromatic rings. The highest BCUT2D eigenvalue weighted by atomic mass is 16.7. The Balaban J connectivity index is 1.44. The van der Waals surface area contributed by atoms with Crippen molar-refractivity contribution in [2.24, 2.45) is 0 Å². The highest BCUT2D eigenvalue weighted by Gasteiger charge is 2.23. The molecule has 1 atom stereocenters.